The molecule has 5 nitrogen and oxygen atoms in total. The van der Waals surface area contributed by atoms with Crippen molar-refractivity contribution < 1.29 is 23.9 Å². The van der Waals surface area contributed by atoms with E-state index in [9.17, 15) is 14.4 Å². The van der Waals surface area contributed by atoms with E-state index in [4.69, 9.17) is 0 Å². The van der Waals surface area contributed by atoms with Crippen molar-refractivity contribution in [3.05, 3.63) is 0 Å². The number of rotatable bonds is 7. The van der Waals surface area contributed by atoms with Gasteiger partial charge in [0, 0.05) is 5.92 Å². The fraction of sp³-hybridized carbons (Fsp3) is 0.700. The molecule has 0 amide bonds. The van der Waals surface area contributed by atoms with Crippen molar-refractivity contribution in [3.8, 4) is 0 Å². The Balaban J connectivity index is 3.97. The number of carbonyl (C=O) groups is 3. The molecule has 0 saturated carbocycles. The number of carbonyl (C=O) groups excluding carboxylic acids is 3. The van der Waals surface area contributed by atoms with Gasteiger partial charge in [0.05, 0.1) is 26.1 Å². The van der Waals surface area contributed by atoms with Gasteiger partial charge in [-0.1, -0.05) is 0 Å². The van der Waals surface area contributed by atoms with E-state index in [2.05, 4.69) is 9.47 Å². The Kier molecular flexibility index (Phi) is 7.23. The van der Waals surface area contributed by atoms with E-state index in [1.807, 2.05) is 0 Å². The summed E-state index contributed by atoms with van der Waals surface area (Å²) in [4.78, 5) is 32.6. The Bertz CT molecular complexity index is 204. The summed E-state index contributed by atoms with van der Waals surface area (Å²) < 4.78 is 9.33. The van der Waals surface area contributed by atoms with Crippen LogP contribution in [0.4, 0.5) is 0 Å². The maximum absolute atomic E-state index is 11.0. The smallest absolute Gasteiger partial charge is 0.306 e. The number of hydrogen-bond acceptors (Lipinski definition) is 5. The topological polar surface area (TPSA) is 69.7 Å². The zero-order valence-electron chi connectivity index (χ0n) is 9.02. The maximum Gasteiger partial charge on any atom is 0.306 e. The minimum Gasteiger partial charge on any atom is -0.466 e. The van der Waals surface area contributed by atoms with E-state index in [-0.39, 0.29) is 26.1 Å². The fourth-order valence-corrected chi connectivity index (χ4v) is 1.04. The number of esters is 2. The number of hydrogen-bond donors (Lipinski definition) is 0. The van der Waals surface area contributed by atoms with Gasteiger partial charge in [-0.3, -0.25) is 9.59 Å². The summed E-state index contributed by atoms with van der Waals surface area (Å²) in [6, 6.07) is 0. The summed E-state index contributed by atoms with van der Waals surface area (Å²) in [5.41, 5.74) is 0. The van der Waals surface area contributed by atoms with Crippen molar-refractivity contribution in [1.82, 2.24) is 0 Å². The summed E-state index contributed by atoms with van der Waals surface area (Å²) in [6.45, 7) is 3.89. The second-order valence-electron chi connectivity index (χ2n) is 2.91. The largest absolute Gasteiger partial charge is 0.466 e. The van der Waals surface area contributed by atoms with E-state index < -0.39 is 17.9 Å². The predicted molar refractivity (Wildman–Crippen MR) is 52.1 cm³/mol. The van der Waals surface area contributed by atoms with Gasteiger partial charge in [-0.2, -0.15) is 0 Å². The van der Waals surface area contributed by atoms with Crippen LogP contribution in [0.3, 0.4) is 0 Å². The molecule has 0 aliphatic carbocycles. The van der Waals surface area contributed by atoms with Crippen LogP contribution in [-0.2, 0) is 23.9 Å². The molecular weight excluding hydrogens is 200 g/mol. The Morgan fingerprint density at radius 1 is 1.07 bits per heavy atom. The highest BCUT2D eigenvalue weighted by atomic mass is 16.5. The van der Waals surface area contributed by atoms with Crippen LogP contribution in [0, 0.1) is 5.92 Å². The van der Waals surface area contributed by atoms with Gasteiger partial charge in [0.15, 0.2) is 0 Å². The SMILES string of the molecule is CCOC(=O)CC(C=O)CC(=O)OCC. The Hall–Kier alpha value is -1.39. The van der Waals surface area contributed by atoms with Gasteiger partial charge in [-0.15, -0.1) is 0 Å². The zero-order chi connectivity index (χ0) is 11.7. The molecule has 0 saturated heterocycles. The van der Waals surface area contributed by atoms with Gasteiger partial charge >= 0.3 is 11.9 Å². The Labute approximate surface area is 88.7 Å². The van der Waals surface area contributed by atoms with Crippen LogP contribution in [0.2, 0.25) is 0 Å². The first-order chi connectivity index (χ1) is 7.13. The van der Waals surface area contributed by atoms with Gasteiger partial charge in [0.1, 0.15) is 6.29 Å². The maximum atomic E-state index is 11.0. The van der Waals surface area contributed by atoms with Crippen molar-refractivity contribution in [2.24, 2.45) is 5.92 Å². The molecule has 0 aromatic carbocycles. The molecule has 0 N–H and O–H groups in total. The van der Waals surface area contributed by atoms with E-state index in [0.29, 0.717) is 6.29 Å². The molecule has 86 valence electrons. The van der Waals surface area contributed by atoms with Crippen LogP contribution >= 0.6 is 0 Å². The molecule has 0 radical (unpaired) electrons. The lowest BCUT2D eigenvalue weighted by Crippen LogP contribution is -2.17. The fourth-order valence-electron chi connectivity index (χ4n) is 1.04. The second-order valence-corrected chi connectivity index (χ2v) is 2.91. The number of aldehydes is 1. The molecule has 0 fully saturated rings. The van der Waals surface area contributed by atoms with Crippen molar-refractivity contribution in [3.63, 3.8) is 0 Å². The minimum absolute atomic E-state index is 0.0733. The molecule has 5 heteroatoms. The van der Waals surface area contributed by atoms with Crippen molar-refractivity contribution in [1.29, 1.82) is 0 Å². The monoisotopic (exact) mass is 216 g/mol. The second kappa shape index (κ2) is 7.96. The van der Waals surface area contributed by atoms with Gasteiger partial charge in [0.25, 0.3) is 0 Å². The van der Waals surface area contributed by atoms with Gasteiger partial charge < -0.3 is 14.3 Å². The normalized spacial score (nSPS) is 9.80. The summed E-state index contributed by atoms with van der Waals surface area (Å²) in [7, 11) is 0. The summed E-state index contributed by atoms with van der Waals surface area (Å²) in [5.74, 6) is -1.60. The molecule has 0 spiro atoms. The average molecular weight is 216 g/mol. The molecule has 15 heavy (non-hydrogen) atoms. The quantitative estimate of drug-likeness (QED) is 0.463. The highest BCUT2D eigenvalue weighted by Crippen LogP contribution is 2.08. The molecule has 0 bridgehead atoms. The van der Waals surface area contributed by atoms with E-state index in [1.165, 1.54) is 0 Å². The van der Waals surface area contributed by atoms with Gasteiger partial charge in [-0.05, 0) is 13.8 Å². The molecule has 0 rings (SSSR count). The van der Waals surface area contributed by atoms with E-state index in [1.54, 1.807) is 13.8 Å². The third-order valence-electron chi connectivity index (χ3n) is 1.66. The first kappa shape index (κ1) is 13.6. The molecule has 0 aromatic rings. The molecule has 0 aliphatic rings. The molecule has 0 heterocycles. The van der Waals surface area contributed by atoms with Gasteiger partial charge in [0.2, 0.25) is 0 Å². The lowest BCUT2D eigenvalue weighted by Gasteiger charge is -2.08. The van der Waals surface area contributed by atoms with Crippen molar-refractivity contribution in [2.75, 3.05) is 13.2 Å². The van der Waals surface area contributed by atoms with Crippen LogP contribution in [0.5, 0.6) is 0 Å². The third-order valence-corrected chi connectivity index (χ3v) is 1.66. The summed E-state index contributed by atoms with van der Waals surface area (Å²) in [5, 5.41) is 0. The highest BCUT2D eigenvalue weighted by Gasteiger charge is 2.18. The minimum atomic E-state index is -0.650. The molecule has 0 atom stereocenters. The predicted octanol–water partition coefficient (Wildman–Crippen LogP) is 0.708. The van der Waals surface area contributed by atoms with Crippen molar-refractivity contribution >= 4 is 18.2 Å². The van der Waals surface area contributed by atoms with Crippen LogP contribution in [-0.4, -0.2) is 31.4 Å². The van der Waals surface area contributed by atoms with Crippen LogP contribution in [0.15, 0.2) is 0 Å². The first-order valence-electron chi connectivity index (χ1n) is 4.90. The van der Waals surface area contributed by atoms with Crippen molar-refractivity contribution in [2.45, 2.75) is 26.7 Å². The Morgan fingerprint density at radius 3 is 1.73 bits per heavy atom. The molecule has 0 unspecified atom stereocenters. The highest BCUT2D eigenvalue weighted by molar-refractivity contribution is 5.78. The summed E-state index contributed by atoms with van der Waals surface area (Å²) >= 11 is 0. The van der Waals surface area contributed by atoms with Crippen LogP contribution in [0.25, 0.3) is 0 Å². The summed E-state index contributed by atoms with van der Waals surface area (Å²) in [6.07, 6.45) is 0.431. The van der Waals surface area contributed by atoms with Crippen LogP contribution < -0.4 is 0 Å². The third kappa shape index (κ3) is 6.65. The van der Waals surface area contributed by atoms with Crippen LogP contribution in [0.1, 0.15) is 26.7 Å². The average Bonchev–Trinajstić information content (AvgIpc) is 2.17. The molecular formula is C10H16O5. The lowest BCUT2D eigenvalue weighted by atomic mass is 10.0. The molecule has 0 aromatic heterocycles. The lowest BCUT2D eigenvalue weighted by molar-refractivity contribution is -0.148. The van der Waals surface area contributed by atoms with E-state index in [0.717, 1.165) is 0 Å². The van der Waals surface area contributed by atoms with E-state index >= 15 is 0 Å². The number of ether oxygens (including phenoxy) is 2. The zero-order valence-corrected chi connectivity index (χ0v) is 9.02. The standard InChI is InChI=1S/C10H16O5/c1-3-14-9(12)5-8(7-11)6-10(13)15-4-2/h7-8H,3-6H2,1-2H3. The van der Waals surface area contributed by atoms with Gasteiger partial charge in [-0.25, -0.2) is 0 Å². The Morgan fingerprint density at radius 2 is 1.47 bits per heavy atom. The first-order valence-corrected chi connectivity index (χ1v) is 4.90. The molecule has 0 aliphatic heterocycles.